The number of rotatable bonds is 3. The van der Waals surface area contributed by atoms with Gasteiger partial charge in [-0.3, -0.25) is 0 Å². The van der Waals surface area contributed by atoms with Gasteiger partial charge in [-0.1, -0.05) is 16.4 Å². The number of fused-ring (bicyclic) bond motifs is 1. The molecule has 0 atom stereocenters. The number of aryl methyl sites for hydroxylation is 1. The molecular formula is C14H15N3O3. The first-order valence-corrected chi connectivity index (χ1v) is 6.55. The van der Waals surface area contributed by atoms with Crippen LogP contribution in [0, 0.1) is 6.92 Å². The maximum absolute atomic E-state index is 11.3. The number of benzene rings is 1. The molecule has 1 aliphatic heterocycles. The third-order valence-electron chi connectivity index (χ3n) is 3.66. The van der Waals surface area contributed by atoms with Crippen molar-refractivity contribution in [1.29, 1.82) is 0 Å². The number of aromatic nitrogens is 2. The molecule has 6 nitrogen and oxygen atoms in total. The molecule has 0 bridgehead atoms. The van der Waals surface area contributed by atoms with Gasteiger partial charge in [-0.2, -0.15) is 0 Å². The van der Waals surface area contributed by atoms with Gasteiger partial charge in [-0.05, 0) is 37.5 Å². The fourth-order valence-electron chi connectivity index (χ4n) is 2.64. The Bertz CT molecular complexity index is 651. The quantitative estimate of drug-likeness (QED) is 0.921. The second kappa shape index (κ2) is 4.96. The predicted molar refractivity (Wildman–Crippen MR) is 71.8 cm³/mol. The van der Waals surface area contributed by atoms with Crippen molar-refractivity contribution < 1.29 is 14.5 Å². The van der Waals surface area contributed by atoms with Gasteiger partial charge in [-0.25, -0.2) is 9.42 Å². The first kappa shape index (κ1) is 12.7. The van der Waals surface area contributed by atoms with Gasteiger partial charge < -0.3 is 10.0 Å². The van der Waals surface area contributed by atoms with E-state index >= 15 is 0 Å². The van der Waals surface area contributed by atoms with Crippen LogP contribution in [-0.2, 0) is 13.0 Å². The molecule has 0 saturated carbocycles. The van der Waals surface area contributed by atoms with E-state index in [9.17, 15) is 9.90 Å². The zero-order valence-corrected chi connectivity index (χ0v) is 11.2. The molecule has 0 saturated heterocycles. The Hall–Kier alpha value is -2.37. The zero-order chi connectivity index (χ0) is 14.1. The third kappa shape index (κ3) is 2.13. The highest BCUT2D eigenvalue weighted by Gasteiger charge is 2.23. The van der Waals surface area contributed by atoms with Crippen LogP contribution in [0.1, 0.15) is 33.7 Å². The summed E-state index contributed by atoms with van der Waals surface area (Å²) in [6.45, 7) is 3.32. The van der Waals surface area contributed by atoms with Crippen molar-refractivity contribution in [3.63, 3.8) is 0 Å². The van der Waals surface area contributed by atoms with E-state index in [-0.39, 0.29) is 0 Å². The van der Waals surface area contributed by atoms with Crippen LogP contribution in [-0.4, -0.2) is 27.9 Å². The fourth-order valence-corrected chi connectivity index (χ4v) is 2.64. The van der Waals surface area contributed by atoms with Crippen LogP contribution in [0.3, 0.4) is 0 Å². The van der Waals surface area contributed by atoms with Gasteiger partial charge in [0.05, 0.1) is 12.1 Å². The Morgan fingerprint density at radius 2 is 2.30 bits per heavy atom. The van der Waals surface area contributed by atoms with Gasteiger partial charge in [0.2, 0.25) is 0 Å². The van der Waals surface area contributed by atoms with Crippen molar-refractivity contribution >= 4 is 11.7 Å². The lowest BCUT2D eigenvalue weighted by Gasteiger charge is -2.31. The average molecular weight is 273 g/mol. The third-order valence-corrected chi connectivity index (χ3v) is 3.66. The van der Waals surface area contributed by atoms with E-state index in [1.807, 2.05) is 13.0 Å². The van der Waals surface area contributed by atoms with Gasteiger partial charge in [0.15, 0.2) is 0 Å². The molecule has 104 valence electrons. The summed E-state index contributed by atoms with van der Waals surface area (Å²) in [6, 6.07) is 5.41. The number of carbonyl (C=O) groups is 1. The number of anilines is 1. The van der Waals surface area contributed by atoms with Gasteiger partial charge in [-0.15, -0.1) is 0 Å². The van der Waals surface area contributed by atoms with E-state index in [1.54, 1.807) is 12.1 Å². The SMILES string of the molecule is Cc1nonc1CN1CCCc2c(C(=O)O)cccc21. The molecule has 3 rings (SSSR count). The van der Waals surface area contributed by atoms with Crippen LogP contribution in [0.4, 0.5) is 5.69 Å². The molecule has 1 aromatic heterocycles. The lowest BCUT2D eigenvalue weighted by Crippen LogP contribution is -2.30. The van der Waals surface area contributed by atoms with E-state index in [4.69, 9.17) is 4.63 Å². The lowest BCUT2D eigenvalue weighted by molar-refractivity contribution is 0.0695. The van der Waals surface area contributed by atoms with Crippen molar-refractivity contribution in [2.24, 2.45) is 0 Å². The second-order valence-corrected chi connectivity index (χ2v) is 4.93. The monoisotopic (exact) mass is 273 g/mol. The van der Waals surface area contributed by atoms with E-state index in [0.29, 0.717) is 12.1 Å². The molecule has 0 unspecified atom stereocenters. The molecule has 0 fully saturated rings. The van der Waals surface area contributed by atoms with E-state index in [1.165, 1.54) is 0 Å². The Kier molecular flexibility index (Phi) is 3.14. The van der Waals surface area contributed by atoms with Crippen LogP contribution in [0.15, 0.2) is 22.8 Å². The van der Waals surface area contributed by atoms with Crippen molar-refractivity contribution in [1.82, 2.24) is 10.3 Å². The summed E-state index contributed by atoms with van der Waals surface area (Å²) in [6.07, 6.45) is 1.73. The standard InChI is InChI=1S/C14H15N3O3/c1-9-12(16-20-15-9)8-17-7-3-5-10-11(14(18)19)4-2-6-13(10)17/h2,4,6H,3,5,7-8H2,1H3,(H,18,19). The molecule has 20 heavy (non-hydrogen) atoms. The Balaban J connectivity index is 1.96. The van der Waals surface area contributed by atoms with Crippen LogP contribution >= 0.6 is 0 Å². The summed E-state index contributed by atoms with van der Waals surface area (Å²) in [4.78, 5) is 13.4. The van der Waals surface area contributed by atoms with E-state index in [0.717, 1.165) is 42.0 Å². The fraction of sp³-hybridized carbons (Fsp3) is 0.357. The molecule has 0 amide bonds. The largest absolute Gasteiger partial charge is 0.478 e. The molecule has 1 aromatic carbocycles. The number of carboxylic acids is 1. The second-order valence-electron chi connectivity index (χ2n) is 4.93. The smallest absolute Gasteiger partial charge is 0.336 e. The minimum atomic E-state index is -0.872. The average Bonchev–Trinajstić information content (AvgIpc) is 2.84. The minimum Gasteiger partial charge on any atom is -0.478 e. The predicted octanol–water partition coefficient (Wildman–Crippen LogP) is 2.03. The first-order chi connectivity index (χ1) is 9.66. The van der Waals surface area contributed by atoms with Crippen LogP contribution in [0.25, 0.3) is 0 Å². The molecule has 0 radical (unpaired) electrons. The number of aromatic carboxylic acids is 1. The van der Waals surface area contributed by atoms with Crippen LogP contribution in [0.2, 0.25) is 0 Å². The Morgan fingerprint density at radius 1 is 1.45 bits per heavy atom. The summed E-state index contributed by atoms with van der Waals surface area (Å²) < 4.78 is 4.72. The number of hydrogen-bond acceptors (Lipinski definition) is 5. The summed E-state index contributed by atoms with van der Waals surface area (Å²) >= 11 is 0. The molecule has 0 spiro atoms. The Morgan fingerprint density at radius 3 is 3.00 bits per heavy atom. The summed E-state index contributed by atoms with van der Waals surface area (Å²) in [7, 11) is 0. The maximum Gasteiger partial charge on any atom is 0.336 e. The van der Waals surface area contributed by atoms with Gasteiger partial charge in [0.25, 0.3) is 0 Å². The maximum atomic E-state index is 11.3. The molecule has 2 aromatic rings. The van der Waals surface area contributed by atoms with Crippen LogP contribution in [0.5, 0.6) is 0 Å². The summed E-state index contributed by atoms with van der Waals surface area (Å²) in [5.41, 5.74) is 3.83. The van der Waals surface area contributed by atoms with Crippen molar-refractivity contribution in [2.75, 3.05) is 11.4 Å². The summed E-state index contributed by atoms with van der Waals surface area (Å²) in [5, 5.41) is 16.9. The zero-order valence-electron chi connectivity index (χ0n) is 11.2. The number of carboxylic acid groups (broad SMARTS) is 1. The molecule has 1 N–H and O–H groups in total. The number of nitrogens with zero attached hydrogens (tertiary/aromatic N) is 3. The van der Waals surface area contributed by atoms with Gasteiger partial charge >= 0.3 is 5.97 Å². The van der Waals surface area contributed by atoms with Crippen molar-refractivity contribution in [2.45, 2.75) is 26.3 Å². The molecular weight excluding hydrogens is 258 g/mol. The van der Waals surface area contributed by atoms with Crippen LogP contribution < -0.4 is 4.90 Å². The molecule has 0 aliphatic carbocycles. The lowest BCUT2D eigenvalue weighted by atomic mass is 9.96. The highest BCUT2D eigenvalue weighted by Crippen LogP contribution is 2.31. The number of hydrogen-bond donors (Lipinski definition) is 1. The highest BCUT2D eigenvalue weighted by molar-refractivity contribution is 5.91. The molecule has 1 aliphatic rings. The molecule has 2 heterocycles. The topological polar surface area (TPSA) is 79.5 Å². The van der Waals surface area contributed by atoms with Crippen molar-refractivity contribution in [3.05, 3.63) is 40.7 Å². The Labute approximate surface area is 116 Å². The van der Waals surface area contributed by atoms with E-state index in [2.05, 4.69) is 15.2 Å². The van der Waals surface area contributed by atoms with Crippen molar-refractivity contribution in [3.8, 4) is 0 Å². The normalized spacial score (nSPS) is 14.2. The van der Waals surface area contributed by atoms with Gasteiger partial charge in [0.1, 0.15) is 11.4 Å². The van der Waals surface area contributed by atoms with E-state index < -0.39 is 5.97 Å². The van der Waals surface area contributed by atoms with Gasteiger partial charge in [0, 0.05) is 12.2 Å². The minimum absolute atomic E-state index is 0.391. The highest BCUT2D eigenvalue weighted by atomic mass is 16.6. The molecule has 6 heteroatoms. The first-order valence-electron chi connectivity index (χ1n) is 6.55. The summed E-state index contributed by atoms with van der Waals surface area (Å²) in [5.74, 6) is -0.872.